The van der Waals surface area contributed by atoms with E-state index in [1.165, 1.54) is 26.2 Å². The zero-order chi connectivity index (χ0) is 11.7. The highest BCUT2D eigenvalue weighted by atomic mass is 15.4. The fraction of sp³-hybridized carbons (Fsp3) is 0.714. The summed E-state index contributed by atoms with van der Waals surface area (Å²) >= 11 is 0. The number of nitrogens with one attached hydrogen (secondary N) is 1. The van der Waals surface area contributed by atoms with Gasteiger partial charge in [-0.15, -0.1) is 0 Å². The Kier molecular flexibility index (Phi) is 3.32. The number of likely N-dealkylation sites (tertiary alicyclic amines) is 1. The van der Waals surface area contributed by atoms with Crippen LogP contribution in [0.3, 0.4) is 0 Å². The lowest BCUT2D eigenvalue weighted by Crippen LogP contribution is -2.58. The Morgan fingerprint density at radius 1 is 1.18 bits per heavy atom. The topological polar surface area (TPSA) is 18.5 Å². The van der Waals surface area contributed by atoms with Crippen LogP contribution in [0.25, 0.3) is 0 Å². The molecule has 0 aromatic rings. The maximum Gasteiger partial charge on any atom is 0.0751 e. The summed E-state index contributed by atoms with van der Waals surface area (Å²) in [4.78, 5) is 5.28. The number of hydrogen-bond acceptors (Lipinski definition) is 3. The molecule has 1 N–H and O–H groups in total. The zero-order valence-electron chi connectivity index (χ0n) is 10.7. The molecule has 0 spiro atoms. The Hall–Kier alpha value is -0.640. The van der Waals surface area contributed by atoms with Gasteiger partial charge in [0.25, 0.3) is 0 Å². The number of hydrogen-bond donors (Lipinski definition) is 1. The van der Waals surface area contributed by atoms with Crippen molar-refractivity contribution in [3.63, 3.8) is 0 Å². The normalized spacial score (nSPS) is 38.5. The number of fused-ring (bicyclic) bond motifs is 1. The highest BCUT2D eigenvalue weighted by molar-refractivity contribution is 5.17. The van der Waals surface area contributed by atoms with Gasteiger partial charge in [0.1, 0.15) is 0 Å². The average Bonchev–Trinajstić information content (AvgIpc) is 2.82. The molecule has 2 fully saturated rings. The van der Waals surface area contributed by atoms with Crippen molar-refractivity contribution in [3.8, 4) is 0 Å². The van der Waals surface area contributed by atoms with Gasteiger partial charge < -0.3 is 5.32 Å². The van der Waals surface area contributed by atoms with E-state index in [1.807, 2.05) is 0 Å². The fourth-order valence-corrected chi connectivity index (χ4v) is 3.41. The number of likely N-dealkylation sites (N-methyl/N-ethyl adjacent to an activating group) is 1. The molecule has 0 saturated carbocycles. The highest BCUT2D eigenvalue weighted by Gasteiger charge is 2.36. The van der Waals surface area contributed by atoms with Crippen molar-refractivity contribution in [1.29, 1.82) is 0 Å². The largest absolute Gasteiger partial charge is 0.313 e. The third-order valence-electron chi connectivity index (χ3n) is 4.42. The molecule has 17 heavy (non-hydrogen) atoms. The lowest BCUT2D eigenvalue weighted by atomic mass is 9.92. The van der Waals surface area contributed by atoms with Gasteiger partial charge in [0.05, 0.1) is 6.17 Å². The van der Waals surface area contributed by atoms with E-state index in [4.69, 9.17) is 0 Å². The Bertz CT molecular complexity index is 303. The van der Waals surface area contributed by atoms with Crippen LogP contribution >= 0.6 is 0 Å². The second kappa shape index (κ2) is 4.92. The third kappa shape index (κ3) is 2.19. The summed E-state index contributed by atoms with van der Waals surface area (Å²) in [5.74, 6) is 1.50. The summed E-state index contributed by atoms with van der Waals surface area (Å²) in [6.45, 7) is 9.37. The van der Waals surface area contributed by atoms with Crippen LogP contribution in [-0.4, -0.2) is 55.2 Å². The van der Waals surface area contributed by atoms with Gasteiger partial charge in [0.2, 0.25) is 0 Å². The van der Waals surface area contributed by atoms with E-state index in [0.29, 0.717) is 6.17 Å². The van der Waals surface area contributed by atoms with E-state index in [9.17, 15) is 0 Å². The van der Waals surface area contributed by atoms with Crippen molar-refractivity contribution in [2.75, 3.05) is 39.3 Å². The second-order valence-corrected chi connectivity index (χ2v) is 5.36. The van der Waals surface area contributed by atoms with Crippen molar-refractivity contribution in [2.45, 2.75) is 13.1 Å². The van der Waals surface area contributed by atoms with Crippen LogP contribution in [0, 0.1) is 11.8 Å². The summed E-state index contributed by atoms with van der Waals surface area (Å²) in [6, 6.07) is 0. The molecule has 3 unspecified atom stereocenters. The van der Waals surface area contributed by atoms with E-state index in [1.54, 1.807) is 0 Å². The monoisotopic (exact) mass is 233 g/mol. The molecule has 1 aliphatic carbocycles. The smallest absolute Gasteiger partial charge is 0.0751 e. The van der Waals surface area contributed by atoms with Crippen molar-refractivity contribution in [2.24, 2.45) is 11.8 Å². The van der Waals surface area contributed by atoms with E-state index in [2.05, 4.69) is 46.3 Å². The molecular formula is C14H23N3. The van der Waals surface area contributed by atoms with E-state index < -0.39 is 0 Å². The van der Waals surface area contributed by atoms with Crippen LogP contribution in [0.15, 0.2) is 24.3 Å². The van der Waals surface area contributed by atoms with Crippen molar-refractivity contribution in [1.82, 2.24) is 15.1 Å². The first-order chi connectivity index (χ1) is 8.38. The molecule has 3 aliphatic rings. The molecule has 0 amide bonds. The van der Waals surface area contributed by atoms with Gasteiger partial charge in [0, 0.05) is 32.7 Å². The maximum absolute atomic E-state index is 3.54. The first-order valence-corrected chi connectivity index (χ1v) is 6.92. The van der Waals surface area contributed by atoms with E-state index in [-0.39, 0.29) is 0 Å². The molecule has 0 radical (unpaired) electrons. The maximum atomic E-state index is 3.54. The van der Waals surface area contributed by atoms with Crippen LogP contribution in [0.2, 0.25) is 0 Å². The predicted octanol–water partition coefficient (Wildman–Crippen LogP) is 0.912. The molecule has 2 aliphatic heterocycles. The zero-order valence-corrected chi connectivity index (χ0v) is 10.7. The molecule has 3 atom stereocenters. The van der Waals surface area contributed by atoms with Crippen molar-refractivity contribution in [3.05, 3.63) is 24.3 Å². The summed E-state index contributed by atoms with van der Waals surface area (Å²) in [6.07, 6.45) is 9.80. The predicted molar refractivity (Wildman–Crippen MR) is 70.7 cm³/mol. The van der Waals surface area contributed by atoms with E-state index in [0.717, 1.165) is 24.9 Å². The third-order valence-corrected chi connectivity index (χ3v) is 4.42. The lowest BCUT2D eigenvalue weighted by Gasteiger charge is -2.41. The molecule has 2 saturated heterocycles. The lowest BCUT2D eigenvalue weighted by molar-refractivity contribution is 0.0411. The number of rotatable bonds is 2. The molecule has 3 rings (SSSR count). The van der Waals surface area contributed by atoms with E-state index >= 15 is 0 Å². The average molecular weight is 233 g/mol. The molecule has 2 heterocycles. The molecule has 0 aromatic heterocycles. The quantitative estimate of drug-likeness (QED) is 0.765. The van der Waals surface area contributed by atoms with Crippen LogP contribution in [-0.2, 0) is 0 Å². The summed E-state index contributed by atoms with van der Waals surface area (Å²) in [7, 11) is 0. The first-order valence-electron chi connectivity index (χ1n) is 6.92. The van der Waals surface area contributed by atoms with Crippen LogP contribution in [0.4, 0.5) is 0 Å². The Balaban J connectivity index is 1.68. The Morgan fingerprint density at radius 3 is 2.53 bits per heavy atom. The molecular weight excluding hydrogens is 210 g/mol. The second-order valence-electron chi connectivity index (χ2n) is 5.36. The minimum Gasteiger partial charge on any atom is -0.313 e. The fourth-order valence-electron chi connectivity index (χ4n) is 3.41. The minimum absolute atomic E-state index is 0.612. The van der Waals surface area contributed by atoms with Gasteiger partial charge >= 0.3 is 0 Å². The van der Waals surface area contributed by atoms with Crippen LogP contribution < -0.4 is 5.32 Å². The molecule has 94 valence electrons. The minimum atomic E-state index is 0.612. The van der Waals surface area contributed by atoms with Gasteiger partial charge in [-0.2, -0.15) is 0 Å². The van der Waals surface area contributed by atoms with Crippen LogP contribution in [0.1, 0.15) is 6.92 Å². The summed E-state index contributed by atoms with van der Waals surface area (Å²) in [5.41, 5.74) is 0. The molecule has 3 heteroatoms. The molecule has 3 nitrogen and oxygen atoms in total. The van der Waals surface area contributed by atoms with Crippen LogP contribution in [0.5, 0.6) is 0 Å². The highest BCUT2D eigenvalue weighted by Crippen LogP contribution is 2.30. The molecule has 0 bridgehead atoms. The SMILES string of the molecule is CCN1CCNCC1N1CC2C=CC=CC2C1. The van der Waals surface area contributed by atoms with Gasteiger partial charge in [-0.1, -0.05) is 31.2 Å². The number of nitrogens with zero attached hydrogens (tertiary/aromatic N) is 2. The van der Waals surface area contributed by atoms with Crippen molar-refractivity contribution < 1.29 is 0 Å². The summed E-state index contributed by atoms with van der Waals surface area (Å²) < 4.78 is 0. The van der Waals surface area contributed by atoms with Crippen molar-refractivity contribution >= 4 is 0 Å². The summed E-state index contributed by atoms with van der Waals surface area (Å²) in [5, 5.41) is 3.54. The van der Waals surface area contributed by atoms with Gasteiger partial charge in [-0.05, 0) is 18.4 Å². The molecule has 0 aromatic carbocycles. The first kappa shape index (κ1) is 11.5. The number of piperazine rings is 1. The van der Waals surface area contributed by atoms with Gasteiger partial charge in [-0.25, -0.2) is 0 Å². The van der Waals surface area contributed by atoms with Gasteiger partial charge in [-0.3, -0.25) is 9.80 Å². The number of allylic oxidation sites excluding steroid dienone is 2. The van der Waals surface area contributed by atoms with Gasteiger partial charge in [0.15, 0.2) is 0 Å². The Labute approximate surface area is 104 Å². The standard InChI is InChI=1S/C14H23N3/c1-2-16-8-7-15-9-14(16)17-10-12-5-3-4-6-13(12)11-17/h3-6,12-15H,2,7-11H2,1H3. The Morgan fingerprint density at radius 2 is 1.88 bits per heavy atom.